The van der Waals surface area contributed by atoms with Crippen molar-refractivity contribution in [3.63, 3.8) is 0 Å². The number of hydrogen-bond donors (Lipinski definition) is 1. The molecular formula is C18H15FN2O4. The van der Waals surface area contributed by atoms with E-state index in [1.165, 1.54) is 31.4 Å². The molecule has 0 aliphatic heterocycles. The van der Waals surface area contributed by atoms with Crippen molar-refractivity contribution in [2.45, 2.75) is 6.42 Å². The van der Waals surface area contributed by atoms with E-state index in [2.05, 4.69) is 5.32 Å². The number of carbonyl (C=O) groups excluding carboxylic acids is 2. The second-order valence-corrected chi connectivity index (χ2v) is 5.05. The molecule has 0 heterocycles. The molecule has 0 bridgehead atoms. The zero-order chi connectivity index (χ0) is 18.2. The molecule has 0 spiro atoms. The number of anilines is 1. The number of carbonyl (C=O) groups is 2. The second-order valence-electron chi connectivity index (χ2n) is 5.05. The third-order valence-electron chi connectivity index (χ3n) is 3.20. The first kappa shape index (κ1) is 17.9. The number of esters is 1. The first-order valence-electron chi connectivity index (χ1n) is 7.30. The van der Waals surface area contributed by atoms with Gasteiger partial charge in [0.25, 0.3) is 5.91 Å². The molecule has 0 saturated heterocycles. The molecule has 7 heteroatoms. The third-order valence-corrected chi connectivity index (χ3v) is 3.20. The highest BCUT2D eigenvalue weighted by molar-refractivity contribution is 5.93. The number of ether oxygens (including phenoxy) is 2. The maximum Gasteiger partial charge on any atom is 0.310 e. The number of nitriles is 1. The van der Waals surface area contributed by atoms with Gasteiger partial charge in [-0.25, -0.2) is 4.39 Å². The molecule has 0 aromatic heterocycles. The number of benzene rings is 2. The molecule has 6 nitrogen and oxygen atoms in total. The number of hydrogen-bond acceptors (Lipinski definition) is 5. The van der Waals surface area contributed by atoms with Crippen LogP contribution in [-0.4, -0.2) is 25.6 Å². The van der Waals surface area contributed by atoms with E-state index in [1.807, 2.05) is 6.07 Å². The molecule has 0 unspecified atom stereocenters. The molecule has 128 valence electrons. The number of amides is 1. The Morgan fingerprint density at radius 1 is 1.24 bits per heavy atom. The Bertz CT molecular complexity index is 830. The minimum Gasteiger partial charge on any atom is -0.494 e. The second kappa shape index (κ2) is 8.45. The maximum atomic E-state index is 13.6. The SMILES string of the molecule is COc1ccc(CC(=O)OCC(=O)Nc2cccc(C#N)c2)cc1F. The molecule has 2 aromatic carbocycles. The average Bonchev–Trinajstić information content (AvgIpc) is 2.60. The highest BCUT2D eigenvalue weighted by atomic mass is 19.1. The zero-order valence-corrected chi connectivity index (χ0v) is 13.4. The van der Waals surface area contributed by atoms with E-state index >= 15 is 0 Å². The van der Waals surface area contributed by atoms with Crippen molar-refractivity contribution < 1.29 is 23.5 Å². The summed E-state index contributed by atoms with van der Waals surface area (Å²) >= 11 is 0. The molecule has 25 heavy (non-hydrogen) atoms. The number of methoxy groups -OCH3 is 1. The van der Waals surface area contributed by atoms with Crippen LogP contribution in [0.25, 0.3) is 0 Å². The lowest BCUT2D eigenvalue weighted by atomic mass is 10.1. The van der Waals surface area contributed by atoms with Gasteiger partial charge in [0.15, 0.2) is 18.2 Å². The van der Waals surface area contributed by atoms with E-state index in [0.29, 0.717) is 16.8 Å². The monoisotopic (exact) mass is 342 g/mol. The highest BCUT2D eigenvalue weighted by Gasteiger charge is 2.11. The van der Waals surface area contributed by atoms with Gasteiger partial charge in [0, 0.05) is 5.69 Å². The van der Waals surface area contributed by atoms with Gasteiger partial charge in [0.1, 0.15) is 0 Å². The smallest absolute Gasteiger partial charge is 0.310 e. The molecule has 1 amide bonds. The quantitative estimate of drug-likeness (QED) is 0.815. The number of nitrogens with one attached hydrogen (secondary N) is 1. The van der Waals surface area contributed by atoms with Crippen LogP contribution < -0.4 is 10.1 Å². The maximum absolute atomic E-state index is 13.6. The van der Waals surface area contributed by atoms with Crippen molar-refractivity contribution >= 4 is 17.6 Å². The van der Waals surface area contributed by atoms with Gasteiger partial charge >= 0.3 is 5.97 Å². The summed E-state index contributed by atoms with van der Waals surface area (Å²) in [5.41, 5.74) is 1.24. The molecule has 0 fully saturated rings. The molecule has 0 aliphatic rings. The van der Waals surface area contributed by atoms with Gasteiger partial charge in [-0.15, -0.1) is 0 Å². The van der Waals surface area contributed by atoms with Crippen molar-refractivity contribution in [2.24, 2.45) is 0 Å². The van der Waals surface area contributed by atoms with Crippen LogP contribution in [0, 0.1) is 17.1 Å². The first-order chi connectivity index (χ1) is 12.0. The molecule has 2 aromatic rings. The lowest BCUT2D eigenvalue weighted by Crippen LogP contribution is -2.21. The molecule has 0 saturated carbocycles. The summed E-state index contributed by atoms with van der Waals surface area (Å²) in [7, 11) is 1.34. The fourth-order valence-corrected chi connectivity index (χ4v) is 2.05. The summed E-state index contributed by atoms with van der Waals surface area (Å²) in [6, 6.07) is 12.4. The molecule has 1 N–H and O–H groups in total. The predicted octanol–water partition coefficient (Wildman–Crippen LogP) is 2.43. The van der Waals surface area contributed by atoms with Crippen molar-refractivity contribution in [3.8, 4) is 11.8 Å². The topological polar surface area (TPSA) is 88.4 Å². The van der Waals surface area contributed by atoms with Gasteiger partial charge < -0.3 is 14.8 Å². The summed E-state index contributed by atoms with van der Waals surface area (Å²) in [5, 5.41) is 11.3. The van der Waals surface area contributed by atoms with E-state index < -0.39 is 24.3 Å². The largest absolute Gasteiger partial charge is 0.494 e. The number of nitrogens with zero attached hydrogens (tertiary/aromatic N) is 1. The van der Waals surface area contributed by atoms with Crippen LogP contribution >= 0.6 is 0 Å². The number of halogens is 1. The molecule has 2 rings (SSSR count). The summed E-state index contributed by atoms with van der Waals surface area (Å²) in [5.74, 6) is -1.70. The Morgan fingerprint density at radius 3 is 2.72 bits per heavy atom. The van der Waals surface area contributed by atoms with Crippen LogP contribution in [0.2, 0.25) is 0 Å². The summed E-state index contributed by atoms with van der Waals surface area (Å²) < 4.78 is 23.2. The molecule has 0 atom stereocenters. The standard InChI is InChI=1S/C18H15FN2O4/c1-24-16-6-5-12(8-15(16)19)9-18(23)25-11-17(22)21-14-4-2-3-13(7-14)10-20/h2-8H,9,11H2,1H3,(H,21,22). The minimum absolute atomic E-state index is 0.0797. The van der Waals surface area contributed by atoms with Crippen LogP contribution in [0.15, 0.2) is 42.5 Å². The predicted molar refractivity (Wildman–Crippen MR) is 87.4 cm³/mol. The molecule has 0 aliphatic carbocycles. The van der Waals surface area contributed by atoms with Gasteiger partial charge in [-0.3, -0.25) is 9.59 Å². The van der Waals surface area contributed by atoms with Gasteiger partial charge in [-0.05, 0) is 35.9 Å². The van der Waals surface area contributed by atoms with Gasteiger partial charge in [0.2, 0.25) is 0 Å². The van der Waals surface area contributed by atoms with Crippen LogP contribution in [0.3, 0.4) is 0 Å². The first-order valence-corrected chi connectivity index (χ1v) is 7.30. The van der Waals surface area contributed by atoms with E-state index in [9.17, 15) is 14.0 Å². The van der Waals surface area contributed by atoms with Crippen LogP contribution in [0.1, 0.15) is 11.1 Å². The van der Waals surface area contributed by atoms with E-state index in [1.54, 1.807) is 18.2 Å². The summed E-state index contributed by atoms with van der Waals surface area (Å²) in [6.45, 7) is -0.478. The highest BCUT2D eigenvalue weighted by Crippen LogP contribution is 2.18. The Morgan fingerprint density at radius 2 is 2.04 bits per heavy atom. The molecular weight excluding hydrogens is 327 g/mol. The Balaban J connectivity index is 1.84. The zero-order valence-electron chi connectivity index (χ0n) is 13.4. The fraction of sp³-hybridized carbons (Fsp3) is 0.167. The van der Waals surface area contributed by atoms with Gasteiger partial charge in [-0.1, -0.05) is 12.1 Å². The Kier molecular flexibility index (Phi) is 6.07. The van der Waals surface area contributed by atoms with Crippen molar-refractivity contribution in [3.05, 3.63) is 59.4 Å². The molecule has 0 radical (unpaired) electrons. The number of rotatable bonds is 6. The van der Waals surface area contributed by atoms with Gasteiger partial charge in [-0.2, -0.15) is 5.26 Å². The lowest BCUT2D eigenvalue weighted by molar-refractivity contribution is -0.146. The summed E-state index contributed by atoms with van der Waals surface area (Å²) in [6.07, 6.45) is -0.169. The van der Waals surface area contributed by atoms with E-state index in [-0.39, 0.29) is 12.2 Å². The van der Waals surface area contributed by atoms with Crippen LogP contribution in [0.4, 0.5) is 10.1 Å². The fourth-order valence-electron chi connectivity index (χ4n) is 2.05. The Hall–Kier alpha value is -3.40. The van der Waals surface area contributed by atoms with Crippen molar-refractivity contribution in [1.82, 2.24) is 0 Å². The normalized spacial score (nSPS) is 9.80. The van der Waals surface area contributed by atoms with Crippen LogP contribution in [-0.2, 0) is 20.7 Å². The van der Waals surface area contributed by atoms with Crippen LogP contribution in [0.5, 0.6) is 5.75 Å². The minimum atomic E-state index is -0.662. The van der Waals surface area contributed by atoms with E-state index in [4.69, 9.17) is 14.7 Å². The van der Waals surface area contributed by atoms with E-state index in [0.717, 1.165) is 0 Å². The average molecular weight is 342 g/mol. The van der Waals surface area contributed by atoms with Crippen molar-refractivity contribution in [1.29, 1.82) is 5.26 Å². The van der Waals surface area contributed by atoms with Gasteiger partial charge in [0.05, 0.1) is 25.2 Å². The lowest BCUT2D eigenvalue weighted by Gasteiger charge is -2.08. The Labute approximate surface area is 143 Å². The third kappa shape index (κ3) is 5.32. The summed E-state index contributed by atoms with van der Waals surface area (Å²) in [4.78, 5) is 23.5. The van der Waals surface area contributed by atoms with Crippen molar-refractivity contribution in [2.75, 3.05) is 19.0 Å².